The predicted molar refractivity (Wildman–Crippen MR) is 107 cm³/mol. The third kappa shape index (κ3) is 9.40. The van der Waals surface area contributed by atoms with Crippen LogP contribution in [0.4, 0.5) is 11.4 Å². The van der Waals surface area contributed by atoms with Crippen LogP contribution in [0.2, 0.25) is 0 Å². The van der Waals surface area contributed by atoms with E-state index in [1.807, 2.05) is 6.92 Å². The molecule has 0 aliphatic carbocycles. The molecule has 0 fully saturated rings. The fourth-order valence-electron chi connectivity index (χ4n) is 2.25. The Morgan fingerprint density at radius 2 is 1.40 bits per heavy atom. The Bertz CT molecular complexity index is 863. The van der Waals surface area contributed by atoms with Gasteiger partial charge in [-0.15, -0.1) is 0 Å². The second-order valence-electron chi connectivity index (χ2n) is 6.15. The number of carbonyl (C=O) groups excluding carboxylic acids is 1. The van der Waals surface area contributed by atoms with Crippen molar-refractivity contribution in [2.75, 3.05) is 0 Å². The van der Waals surface area contributed by atoms with Crippen LogP contribution in [-0.2, 0) is 16.0 Å². The Morgan fingerprint density at radius 1 is 0.900 bits per heavy atom. The van der Waals surface area contributed by atoms with E-state index in [4.69, 9.17) is 9.84 Å². The number of nitrogens with zero attached hydrogens (tertiary/aromatic N) is 2. The van der Waals surface area contributed by atoms with Gasteiger partial charge in [0.15, 0.2) is 0 Å². The van der Waals surface area contributed by atoms with Crippen LogP contribution >= 0.6 is 0 Å². The van der Waals surface area contributed by atoms with E-state index in [2.05, 4.69) is 0 Å². The van der Waals surface area contributed by atoms with Gasteiger partial charge in [0, 0.05) is 37.1 Å². The molecular formula is C20H22N2O8. The molecule has 0 atom stereocenters. The molecule has 10 nitrogen and oxygen atoms in total. The van der Waals surface area contributed by atoms with Gasteiger partial charge in [0.1, 0.15) is 5.75 Å². The maximum absolute atomic E-state index is 11.7. The second-order valence-corrected chi connectivity index (χ2v) is 6.15. The Hall–Kier alpha value is -3.82. The molecule has 0 heterocycles. The zero-order valence-electron chi connectivity index (χ0n) is 16.4. The number of nitro groups is 2. The minimum atomic E-state index is -0.711. The van der Waals surface area contributed by atoms with Gasteiger partial charge in [0.05, 0.1) is 9.85 Å². The third-order valence-corrected chi connectivity index (χ3v) is 3.74. The molecule has 0 aromatic heterocycles. The topological polar surface area (TPSA) is 150 Å². The minimum Gasteiger partial charge on any atom is -0.481 e. The monoisotopic (exact) mass is 418 g/mol. The van der Waals surface area contributed by atoms with Gasteiger partial charge in [0.2, 0.25) is 0 Å². The summed E-state index contributed by atoms with van der Waals surface area (Å²) in [5.74, 6) is -0.899. The highest BCUT2D eigenvalue weighted by molar-refractivity contribution is 5.72. The van der Waals surface area contributed by atoms with Crippen molar-refractivity contribution >= 4 is 23.3 Å². The molecule has 0 saturated heterocycles. The van der Waals surface area contributed by atoms with Gasteiger partial charge in [-0.25, -0.2) is 0 Å². The van der Waals surface area contributed by atoms with Crippen molar-refractivity contribution < 1.29 is 29.3 Å². The molecular weight excluding hydrogens is 396 g/mol. The lowest BCUT2D eigenvalue weighted by atomic mass is 10.1. The van der Waals surface area contributed by atoms with Gasteiger partial charge >= 0.3 is 11.9 Å². The van der Waals surface area contributed by atoms with Gasteiger partial charge in [-0.05, 0) is 37.0 Å². The highest BCUT2D eigenvalue weighted by Gasteiger charge is 2.09. The molecule has 2 aromatic carbocycles. The van der Waals surface area contributed by atoms with Gasteiger partial charge in [-0.2, -0.15) is 0 Å². The predicted octanol–water partition coefficient (Wildman–Crippen LogP) is 4.30. The fourth-order valence-corrected chi connectivity index (χ4v) is 2.25. The number of esters is 1. The van der Waals surface area contributed by atoms with E-state index in [1.165, 1.54) is 36.4 Å². The molecule has 0 aliphatic heterocycles. The second kappa shape index (κ2) is 12.6. The van der Waals surface area contributed by atoms with Gasteiger partial charge < -0.3 is 9.84 Å². The van der Waals surface area contributed by atoms with Crippen LogP contribution in [0, 0.1) is 20.2 Å². The van der Waals surface area contributed by atoms with Crippen molar-refractivity contribution in [3.8, 4) is 5.75 Å². The number of nitro benzene ring substituents is 2. The zero-order chi connectivity index (χ0) is 22.5. The van der Waals surface area contributed by atoms with Crippen LogP contribution in [-0.4, -0.2) is 26.9 Å². The van der Waals surface area contributed by atoms with E-state index in [0.717, 1.165) is 12.0 Å². The van der Waals surface area contributed by atoms with Crippen LogP contribution in [0.3, 0.4) is 0 Å². The molecule has 1 N–H and O–H groups in total. The van der Waals surface area contributed by atoms with Gasteiger partial charge in [-0.1, -0.05) is 19.1 Å². The van der Waals surface area contributed by atoms with Crippen molar-refractivity contribution in [1.29, 1.82) is 0 Å². The lowest BCUT2D eigenvalue weighted by molar-refractivity contribution is -0.385. The van der Waals surface area contributed by atoms with E-state index < -0.39 is 21.8 Å². The van der Waals surface area contributed by atoms with Crippen LogP contribution in [0.15, 0.2) is 48.5 Å². The molecule has 0 amide bonds. The molecule has 2 rings (SSSR count). The molecule has 2 aromatic rings. The fraction of sp³-hybridized carbons (Fsp3) is 0.300. The first-order chi connectivity index (χ1) is 14.2. The number of aliphatic carboxylic acids is 1. The molecule has 0 spiro atoms. The molecule has 30 heavy (non-hydrogen) atoms. The van der Waals surface area contributed by atoms with Crippen molar-refractivity contribution in [2.45, 2.75) is 39.0 Å². The summed E-state index contributed by atoms with van der Waals surface area (Å²) >= 11 is 0. The number of carboxylic acids is 1. The Morgan fingerprint density at radius 3 is 1.80 bits per heavy atom. The average molecular weight is 418 g/mol. The molecule has 0 radical (unpaired) electrons. The summed E-state index contributed by atoms with van der Waals surface area (Å²) in [6, 6.07) is 11.4. The van der Waals surface area contributed by atoms with Gasteiger partial charge in [-0.3, -0.25) is 29.8 Å². The van der Waals surface area contributed by atoms with Crippen molar-refractivity contribution in [3.05, 3.63) is 74.3 Å². The molecule has 0 aliphatic rings. The molecule has 0 saturated carbocycles. The van der Waals surface area contributed by atoms with Crippen LogP contribution in [0.1, 0.15) is 38.2 Å². The standard InChI is InChI=1S/C16H14N2O6.C4H8O2/c19-16(24-15-10-8-14(9-11-15)18(22)23)3-1-2-12-4-6-13(7-5-12)17(20)21;1-2-3-4(5)6/h4-11H,1-3H2;2-3H2,1H3,(H,5,6). The normalized spacial score (nSPS) is 9.77. The summed E-state index contributed by atoms with van der Waals surface area (Å²) < 4.78 is 5.09. The molecule has 0 unspecified atom stereocenters. The third-order valence-electron chi connectivity index (χ3n) is 3.74. The first-order valence-corrected chi connectivity index (χ1v) is 9.13. The number of carboxylic acid groups (broad SMARTS) is 1. The first-order valence-electron chi connectivity index (χ1n) is 9.13. The van der Waals surface area contributed by atoms with Crippen LogP contribution < -0.4 is 4.74 Å². The van der Waals surface area contributed by atoms with Crippen LogP contribution in [0.25, 0.3) is 0 Å². The summed E-state index contributed by atoms with van der Waals surface area (Å²) in [6.07, 6.45) is 2.32. The van der Waals surface area contributed by atoms with E-state index in [1.54, 1.807) is 12.1 Å². The molecule has 0 bridgehead atoms. The number of hydrogen-bond acceptors (Lipinski definition) is 7. The number of aryl methyl sites for hydroxylation is 1. The number of hydrogen-bond donors (Lipinski definition) is 1. The highest BCUT2D eigenvalue weighted by Crippen LogP contribution is 2.18. The Labute approximate surface area is 172 Å². The summed E-state index contributed by atoms with van der Waals surface area (Å²) in [5.41, 5.74) is 0.841. The number of rotatable bonds is 9. The average Bonchev–Trinajstić information content (AvgIpc) is 2.69. The first kappa shape index (κ1) is 24.2. The van der Waals surface area contributed by atoms with E-state index in [-0.39, 0.29) is 23.5 Å². The zero-order valence-corrected chi connectivity index (χ0v) is 16.4. The Balaban J connectivity index is 0.000000656. The quantitative estimate of drug-likeness (QED) is 0.274. The Kier molecular flexibility index (Phi) is 10.2. The molecule has 10 heteroatoms. The number of benzene rings is 2. The number of non-ortho nitro benzene ring substituents is 2. The largest absolute Gasteiger partial charge is 0.481 e. The van der Waals surface area contributed by atoms with Crippen LogP contribution in [0.5, 0.6) is 5.75 Å². The summed E-state index contributed by atoms with van der Waals surface area (Å²) in [5, 5.41) is 29.0. The lowest BCUT2D eigenvalue weighted by Gasteiger charge is -2.04. The summed E-state index contributed by atoms with van der Waals surface area (Å²) in [6.45, 7) is 1.84. The highest BCUT2D eigenvalue weighted by atomic mass is 16.6. The lowest BCUT2D eigenvalue weighted by Crippen LogP contribution is -2.08. The SMILES string of the molecule is CCCC(=O)O.O=C(CCCc1ccc([N+](=O)[O-])cc1)Oc1ccc([N+](=O)[O-])cc1. The minimum absolute atomic E-state index is 0.0244. The maximum atomic E-state index is 11.7. The number of carbonyl (C=O) groups is 2. The van der Waals surface area contributed by atoms with Crippen molar-refractivity contribution in [3.63, 3.8) is 0 Å². The number of ether oxygens (including phenoxy) is 1. The summed E-state index contributed by atoms with van der Waals surface area (Å²) in [4.78, 5) is 41.4. The van der Waals surface area contributed by atoms with Crippen molar-refractivity contribution in [2.24, 2.45) is 0 Å². The maximum Gasteiger partial charge on any atom is 0.311 e. The van der Waals surface area contributed by atoms with E-state index in [9.17, 15) is 29.8 Å². The smallest absolute Gasteiger partial charge is 0.311 e. The van der Waals surface area contributed by atoms with Gasteiger partial charge in [0.25, 0.3) is 11.4 Å². The van der Waals surface area contributed by atoms with E-state index >= 15 is 0 Å². The summed E-state index contributed by atoms with van der Waals surface area (Å²) in [7, 11) is 0. The molecule has 160 valence electrons. The van der Waals surface area contributed by atoms with Crippen molar-refractivity contribution in [1.82, 2.24) is 0 Å². The van der Waals surface area contributed by atoms with E-state index in [0.29, 0.717) is 19.3 Å².